The van der Waals surface area contributed by atoms with Gasteiger partial charge in [0.05, 0.1) is 6.10 Å². The number of allylic oxidation sites excluding steroid dienone is 1. The Morgan fingerprint density at radius 3 is 2.35 bits per heavy atom. The number of nitriles is 1. The van der Waals surface area contributed by atoms with Crippen LogP contribution in [0.25, 0.3) is 6.08 Å². The van der Waals surface area contributed by atoms with Gasteiger partial charge in [-0.15, -0.1) is 0 Å². The molecule has 31 heavy (non-hydrogen) atoms. The molecule has 5 atom stereocenters. The Kier molecular flexibility index (Phi) is 9.00. The van der Waals surface area contributed by atoms with Gasteiger partial charge in [-0.25, -0.2) is 8.42 Å². The number of sulfonamides is 1. The standard InChI is InChI=1S/C21H31N3O6S/c1-4-11-24(6-3)15-9-7-14(8-10-15)12-16(13-22)31(28,29)23-18-20(26)19(25)17(5-2)30-21(18)27/h7-10,12,17-21,23,25-27H,4-6,11H2,1-3H3/b16-12+/t17-,18-,19-,20-,21?/m1/s1. The maximum absolute atomic E-state index is 12.7. The lowest BCUT2D eigenvalue weighted by atomic mass is 9.96. The van der Waals surface area contributed by atoms with Gasteiger partial charge in [0, 0.05) is 18.8 Å². The van der Waals surface area contributed by atoms with Crippen molar-refractivity contribution in [2.75, 3.05) is 18.0 Å². The lowest BCUT2D eigenvalue weighted by Gasteiger charge is -2.40. The normalized spacial score (nSPS) is 27.0. The number of hydrogen-bond acceptors (Lipinski definition) is 8. The second kappa shape index (κ2) is 11.0. The van der Waals surface area contributed by atoms with Gasteiger partial charge < -0.3 is 25.0 Å². The number of ether oxygens (including phenoxy) is 1. The van der Waals surface area contributed by atoms with Gasteiger partial charge in [0.15, 0.2) is 11.2 Å². The molecular formula is C21H31N3O6S. The van der Waals surface area contributed by atoms with Crippen LogP contribution >= 0.6 is 0 Å². The van der Waals surface area contributed by atoms with E-state index in [4.69, 9.17) is 4.74 Å². The third kappa shape index (κ3) is 6.04. The summed E-state index contributed by atoms with van der Waals surface area (Å²) in [6.45, 7) is 7.56. The monoisotopic (exact) mass is 453 g/mol. The van der Waals surface area contributed by atoms with E-state index in [0.717, 1.165) is 25.2 Å². The van der Waals surface area contributed by atoms with Crippen molar-refractivity contribution >= 4 is 21.8 Å². The van der Waals surface area contributed by atoms with E-state index in [1.54, 1.807) is 25.1 Å². The van der Waals surface area contributed by atoms with Crippen LogP contribution in [0.15, 0.2) is 29.2 Å². The number of aliphatic hydroxyl groups is 3. The van der Waals surface area contributed by atoms with Crippen LogP contribution in [0.1, 0.15) is 39.2 Å². The van der Waals surface area contributed by atoms with Crippen molar-refractivity contribution in [1.82, 2.24) is 4.72 Å². The van der Waals surface area contributed by atoms with Gasteiger partial charge in [-0.1, -0.05) is 26.0 Å². The minimum atomic E-state index is -4.39. The van der Waals surface area contributed by atoms with E-state index >= 15 is 0 Å². The fraction of sp³-hybridized carbons (Fsp3) is 0.571. The molecule has 1 saturated heterocycles. The molecule has 1 unspecified atom stereocenters. The molecule has 0 bridgehead atoms. The number of rotatable bonds is 9. The maximum atomic E-state index is 12.7. The first kappa shape index (κ1) is 25.3. The first-order valence-electron chi connectivity index (χ1n) is 10.4. The number of nitrogens with one attached hydrogen (secondary N) is 1. The largest absolute Gasteiger partial charge is 0.388 e. The van der Waals surface area contributed by atoms with Crippen molar-refractivity contribution in [2.24, 2.45) is 0 Å². The van der Waals surface area contributed by atoms with E-state index < -0.39 is 45.6 Å². The van der Waals surface area contributed by atoms with Gasteiger partial charge in [0.25, 0.3) is 10.0 Å². The lowest BCUT2D eigenvalue weighted by molar-refractivity contribution is -0.244. The Morgan fingerprint density at radius 2 is 1.84 bits per heavy atom. The molecule has 0 spiro atoms. The maximum Gasteiger partial charge on any atom is 0.251 e. The van der Waals surface area contributed by atoms with Crippen molar-refractivity contribution in [3.05, 3.63) is 34.7 Å². The fourth-order valence-electron chi connectivity index (χ4n) is 3.50. The van der Waals surface area contributed by atoms with Crippen LogP contribution in [0.5, 0.6) is 0 Å². The molecule has 1 aliphatic heterocycles. The predicted molar refractivity (Wildman–Crippen MR) is 117 cm³/mol. The molecule has 0 radical (unpaired) electrons. The van der Waals surface area contributed by atoms with Gasteiger partial charge in [-0.05, 0) is 43.5 Å². The van der Waals surface area contributed by atoms with Gasteiger partial charge >= 0.3 is 0 Å². The second-order valence-electron chi connectivity index (χ2n) is 7.39. The van der Waals surface area contributed by atoms with Crippen molar-refractivity contribution in [3.63, 3.8) is 0 Å². The average molecular weight is 454 g/mol. The number of nitrogens with zero attached hydrogens (tertiary/aromatic N) is 2. The molecular weight excluding hydrogens is 422 g/mol. The fourth-order valence-corrected chi connectivity index (χ4v) is 4.65. The summed E-state index contributed by atoms with van der Waals surface area (Å²) in [7, 11) is -4.39. The first-order chi connectivity index (χ1) is 14.7. The molecule has 0 saturated carbocycles. The highest BCUT2D eigenvalue weighted by Gasteiger charge is 2.45. The SMILES string of the molecule is CCCN(CC)c1ccc(/C=C(\C#N)S(=O)(=O)N[C@H]2C(O)O[C@H](CC)[C@@H](O)[C@@H]2O)cc1. The van der Waals surface area contributed by atoms with Crippen molar-refractivity contribution in [2.45, 2.75) is 64.3 Å². The molecule has 1 heterocycles. The van der Waals surface area contributed by atoms with E-state index in [1.807, 2.05) is 19.1 Å². The summed E-state index contributed by atoms with van der Waals surface area (Å²) in [6.07, 6.45) is -2.96. The van der Waals surface area contributed by atoms with Crippen molar-refractivity contribution in [1.29, 1.82) is 5.26 Å². The van der Waals surface area contributed by atoms with Crippen molar-refractivity contribution in [3.8, 4) is 6.07 Å². The third-order valence-electron chi connectivity index (χ3n) is 5.24. The van der Waals surface area contributed by atoms with Gasteiger partial charge in [0.1, 0.15) is 24.3 Å². The third-order valence-corrected chi connectivity index (χ3v) is 6.62. The Bertz CT molecular complexity index is 897. The second-order valence-corrected chi connectivity index (χ2v) is 9.08. The minimum Gasteiger partial charge on any atom is -0.388 e. The molecule has 1 aromatic carbocycles. The Hall–Kier alpha value is -2.00. The quantitative estimate of drug-likeness (QED) is 0.404. The molecule has 0 aromatic heterocycles. The van der Waals surface area contributed by atoms with Gasteiger partial charge in [-0.2, -0.15) is 9.98 Å². The summed E-state index contributed by atoms with van der Waals surface area (Å²) in [5, 5.41) is 39.8. The molecule has 2 rings (SSSR count). The lowest BCUT2D eigenvalue weighted by Crippen LogP contribution is -2.63. The Labute approximate surface area is 183 Å². The van der Waals surface area contributed by atoms with E-state index in [9.17, 15) is 29.0 Å². The first-order valence-corrected chi connectivity index (χ1v) is 11.9. The Balaban J connectivity index is 2.22. The summed E-state index contributed by atoms with van der Waals surface area (Å²) < 4.78 is 32.7. The van der Waals surface area contributed by atoms with Crippen LogP contribution in [-0.2, 0) is 14.8 Å². The number of anilines is 1. The molecule has 1 aromatic rings. The van der Waals surface area contributed by atoms with E-state index in [0.29, 0.717) is 12.0 Å². The highest BCUT2D eigenvalue weighted by molar-refractivity contribution is 7.93. The van der Waals surface area contributed by atoms with Crippen LogP contribution in [-0.4, -0.2) is 67.5 Å². The molecule has 10 heteroatoms. The van der Waals surface area contributed by atoms with Crippen LogP contribution in [0.2, 0.25) is 0 Å². The zero-order valence-corrected chi connectivity index (χ0v) is 18.8. The molecule has 4 N–H and O–H groups in total. The van der Waals surface area contributed by atoms with E-state index in [1.165, 1.54) is 6.08 Å². The average Bonchev–Trinajstić information content (AvgIpc) is 2.76. The molecule has 1 aliphatic rings. The van der Waals surface area contributed by atoms with Crippen LogP contribution in [0, 0.1) is 11.3 Å². The number of aliphatic hydroxyl groups excluding tert-OH is 3. The predicted octanol–water partition coefficient (Wildman–Crippen LogP) is 0.924. The smallest absolute Gasteiger partial charge is 0.251 e. The Morgan fingerprint density at radius 1 is 1.19 bits per heavy atom. The highest BCUT2D eigenvalue weighted by atomic mass is 32.2. The molecule has 0 amide bonds. The summed E-state index contributed by atoms with van der Waals surface area (Å²) in [5.41, 5.74) is 1.50. The summed E-state index contributed by atoms with van der Waals surface area (Å²) in [6, 6.07) is 7.25. The van der Waals surface area contributed by atoms with Crippen LogP contribution in [0.4, 0.5) is 5.69 Å². The minimum absolute atomic E-state index is 0.321. The van der Waals surface area contributed by atoms with Gasteiger partial charge in [0.2, 0.25) is 0 Å². The highest BCUT2D eigenvalue weighted by Crippen LogP contribution is 2.24. The van der Waals surface area contributed by atoms with Crippen LogP contribution in [0.3, 0.4) is 0 Å². The zero-order chi connectivity index (χ0) is 23.2. The summed E-state index contributed by atoms with van der Waals surface area (Å²) >= 11 is 0. The summed E-state index contributed by atoms with van der Waals surface area (Å²) in [5.74, 6) is 0. The topological polar surface area (TPSA) is 143 Å². The molecule has 9 nitrogen and oxygen atoms in total. The number of hydrogen-bond donors (Lipinski definition) is 4. The van der Waals surface area contributed by atoms with Crippen LogP contribution < -0.4 is 9.62 Å². The zero-order valence-electron chi connectivity index (χ0n) is 18.0. The van der Waals surface area contributed by atoms with E-state index in [-0.39, 0.29) is 0 Å². The van der Waals surface area contributed by atoms with Crippen molar-refractivity contribution < 1.29 is 28.5 Å². The summed E-state index contributed by atoms with van der Waals surface area (Å²) in [4.78, 5) is 1.59. The van der Waals surface area contributed by atoms with E-state index in [2.05, 4.69) is 16.5 Å². The number of benzene rings is 1. The molecule has 0 aliphatic carbocycles. The molecule has 1 fully saturated rings. The molecule has 172 valence electrons. The van der Waals surface area contributed by atoms with Gasteiger partial charge in [-0.3, -0.25) is 0 Å².